The molecular weight excluding hydrogens is 404 g/mol. The number of aromatic amines is 1. The first kappa shape index (κ1) is 23.4. The van der Waals surface area contributed by atoms with Crippen molar-refractivity contribution in [3.63, 3.8) is 0 Å². The lowest BCUT2D eigenvalue weighted by Gasteiger charge is -2.23. The van der Waals surface area contributed by atoms with E-state index in [4.69, 9.17) is 9.84 Å². The van der Waals surface area contributed by atoms with E-state index in [-0.39, 0.29) is 24.8 Å². The molecule has 0 aliphatic heterocycles. The lowest BCUT2D eigenvalue weighted by atomic mass is 9.95. The molecular formula is C26H32N2O4. The first-order chi connectivity index (χ1) is 15.4. The van der Waals surface area contributed by atoms with Crippen molar-refractivity contribution in [3.05, 3.63) is 65.4 Å². The van der Waals surface area contributed by atoms with E-state index in [1.54, 1.807) is 0 Å². The third-order valence-electron chi connectivity index (χ3n) is 5.44. The molecule has 1 atom stereocenters. The molecule has 3 rings (SSSR count). The van der Waals surface area contributed by atoms with Gasteiger partial charge in [-0.15, -0.1) is 0 Å². The summed E-state index contributed by atoms with van der Waals surface area (Å²) in [6.07, 6.45) is 3.45. The summed E-state index contributed by atoms with van der Waals surface area (Å²) in [5.41, 5.74) is 3.78. The van der Waals surface area contributed by atoms with Gasteiger partial charge in [-0.2, -0.15) is 0 Å². The summed E-state index contributed by atoms with van der Waals surface area (Å²) in [6.45, 7) is 6.80. The topological polar surface area (TPSA) is 91.4 Å². The van der Waals surface area contributed by atoms with E-state index < -0.39 is 5.97 Å². The molecule has 1 heterocycles. The minimum atomic E-state index is -0.821. The molecule has 0 aliphatic carbocycles. The van der Waals surface area contributed by atoms with Crippen molar-refractivity contribution >= 4 is 22.8 Å². The molecule has 2 aromatic carbocycles. The zero-order chi connectivity index (χ0) is 23.1. The monoisotopic (exact) mass is 436 g/mol. The molecule has 32 heavy (non-hydrogen) atoms. The molecule has 1 amide bonds. The van der Waals surface area contributed by atoms with Crippen LogP contribution in [-0.4, -0.2) is 28.6 Å². The molecule has 3 N–H and O–H groups in total. The number of nitrogens with one attached hydrogen (secondary N) is 2. The maximum Gasteiger partial charge on any atom is 0.303 e. The molecule has 170 valence electrons. The summed E-state index contributed by atoms with van der Waals surface area (Å²) in [7, 11) is 0. The van der Waals surface area contributed by atoms with Crippen LogP contribution < -0.4 is 10.1 Å². The van der Waals surface area contributed by atoms with Crippen LogP contribution in [0.4, 0.5) is 0 Å². The lowest BCUT2D eigenvalue weighted by Crippen LogP contribution is -2.31. The average molecular weight is 437 g/mol. The third kappa shape index (κ3) is 6.13. The van der Waals surface area contributed by atoms with Crippen LogP contribution in [0.3, 0.4) is 0 Å². The van der Waals surface area contributed by atoms with Gasteiger partial charge in [0.05, 0.1) is 19.1 Å². The number of aliphatic carboxylic acids is 1. The molecule has 0 fully saturated rings. The summed E-state index contributed by atoms with van der Waals surface area (Å²) < 4.78 is 5.80. The smallest absolute Gasteiger partial charge is 0.303 e. The fraction of sp³-hybridized carbons (Fsp3) is 0.385. The number of amides is 1. The predicted octanol–water partition coefficient (Wildman–Crippen LogP) is 5.03. The number of aryl methyl sites for hydroxylation is 1. The van der Waals surface area contributed by atoms with Gasteiger partial charge in [-0.05, 0) is 55.0 Å². The maximum atomic E-state index is 13.0. The fourth-order valence-electron chi connectivity index (χ4n) is 4.01. The summed E-state index contributed by atoms with van der Waals surface area (Å²) in [4.78, 5) is 27.1. The molecule has 0 spiro atoms. The van der Waals surface area contributed by atoms with Gasteiger partial charge in [-0.25, -0.2) is 0 Å². The van der Waals surface area contributed by atoms with Crippen LogP contribution in [0.5, 0.6) is 5.75 Å². The fourth-order valence-corrected chi connectivity index (χ4v) is 4.01. The maximum absolute atomic E-state index is 13.0. The van der Waals surface area contributed by atoms with Gasteiger partial charge < -0.3 is 20.1 Å². The van der Waals surface area contributed by atoms with Gasteiger partial charge in [0.15, 0.2) is 0 Å². The quantitative estimate of drug-likeness (QED) is 0.393. The second-order valence-electron chi connectivity index (χ2n) is 8.48. The SMILES string of the molecule is CCOc1ccccc1C(CC(C)C)NC(=O)Cc1ccc2[nH]cc(CCC(=O)O)c2c1. The summed E-state index contributed by atoms with van der Waals surface area (Å²) in [5, 5.41) is 13.2. The van der Waals surface area contributed by atoms with Gasteiger partial charge in [0.25, 0.3) is 0 Å². The number of aromatic nitrogens is 1. The van der Waals surface area contributed by atoms with Crippen LogP contribution in [0, 0.1) is 5.92 Å². The zero-order valence-corrected chi connectivity index (χ0v) is 19.0. The second-order valence-corrected chi connectivity index (χ2v) is 8.48. The highest BCUT2D eigenvalue weighted by atomic mass is 16.5. The number of fused-ring (bicyclic) bond motifs is 1. The van der Waals surface area contributed by atoms with E-state index in [1.165, 1.54) is 0 Å². The van der Waals surface area contributed by atoms with Crippen LogP contribution in [-0.2, 0) is 22.4 Å². The molecule has 0 saturated heterocycles. The van der Waals surface area contributed by atoms with Crippen molar-refractivity contribution in [2.75, 3.05) is 6.61 Å². The number of carboxylic acid groups (broad SMARTS) is 1. The van der Waals surface area contributed by atoms with Crippen LogP contribution in [0.15, 0.2) is 48.7 Å². The van der Waals surface area contributed by atoms with Crippen molar-refractivity contribution < 1.29 is 19.4 Å². The number of carbonyl (C=O) groups is 2. The van der Waals surface area contributed by atoms with Crippen molar-refractivity contribution in [1.29, 1.82) is 0 Å². The number of benzene rings is 2. The number of hydrogen-bond acceptors (Lipinski definition) is 3. The molecule has 0 aliphatic rings. The average Bonchev–Trinajstić information content (AvgIpc) is 3.14. The minimum absolute atomic E-state index is 0.0519. The third-order valence-corrected chi connectivity index (χ3v) is 5.44. The van der Waals surface area contributed by atoms with Crippen LogP contribution >= 0.6 is 0 Å². The number of H-pyrrole nitrogens is 1. The van der Waals surface area contributed by atoms with Crippen molar-refractivity contribution in [2.45, 2.75) is 52.5 Å². The largest absolute Gasteiger partial charge is 0.494 e. The minimum Gasteiger partial charge on any atom is -0.494 e. The predicted molar refractivity (Wildman–Crippen MR) is 126 cm³/mol. The highest BCUT2D eigenvalue weighted by Gasteiger charge is 2.20. The van der Waals surface area contributed by atoms with Gasteiger partial charge in [-0.1, -0.05) is 38.1 Å². The number of rotatable bonds is 11. The van der Waals surface area contributed by atoms with E-state index in [0.29, 0.717) is 18.9 Å². The molecule has 3 aromatic rings. The Labute approximate surface area is 189 Å². The van der Waals surface area contributed by atoms with Crippen molar-refractivity contribution in [3.8, 4) is 5.75 Å². The highest BCUT2D eigenvalue weighted by Crippen LogP contribution is 2.30. The standard InChI is InChI=1S/C26H32N2O4/c1-4-32-24-8-6-5-7-20(24)23(13-17(2)3)28-25(29)15-18-9-11-22-21(14-18)19(16-27-22)10-12-26(30)31/h5-9,11,14,16-17,23,27H,4,10,12-13,15H2,1-3H3,(H,28,29)(H,30,31). The van der Waals surface area contributed by atoms with Crippen LogP contribution in [0.25, 0.3) is 10.9 Å². The van der Waals surface area contributed by atoms with Gasteiger partial charge in [0.2, 0.25) is 5.91 Å². The lowest BCUT2D eigenvalue weighted by molar-refractivity contribution is -0.137. The number of para-hydroxylation sites is 1. The van der Waals surface area contributed by atoms with E-state index in [2.05, 4.69) is 24.1 Å². The molecule has 1 unspecified atom stereocenters. The van der Waals surface area contributed by atoms with Gasteiger partial charge in [0.1, 0.15) is 5.75 Å². The van der Waals surface area contributed by atoms with Crippen molar-refractivity contribution in [1.82, 2.24) is 10.3 Å². The molecule has 0 bridgehead atoms. The van der Waals surface area contributed by atoms with Gasteiger partial charge in [-0.3, -0.25) is 9.59 Å². The Balaban J connectivity index is 1.77. The Morgan fingerprint density at radius 2 is 1.94 bits per heavy atom. The Hall–Kier alpha value is -3.28. The summed E-state index contributed by atoms with van der Waals surface area (Å²) >= 11 is 0. The normalized spacial score (nSPS) is 12.1. The van der Waals surface area contributed by atoms with Crippen molar-refractivity contribution in [2.24, 2.45) is 5.92 Å². The molecule has 1 aromatic heterocycles. The van der Waals surface area contributed by atoms with E-state index in [0.717, 1.165) is 39.8 Å². The molecule has 0 radical (unpaired) electrons. The van der Waals surface area contributed by atoms with Crippen LogP contribution in [0.1, 0.15) is 56.3 Å². The zero-order valence-electron chi connectivity index (χ0n) is 19.0. The molecule has 6 nitrogen and oxygen atoms in total. The second kappa shape index (κ2) is 10.8. The Bertz CT molecular complexity index is 1070. The Morgan fingerprint density at radius 3 is 2.66 bits per heavy atom. The highest BCUT2D eigenvalue weighted by molar-refractivity contribution is 5.86. The molecule has 6 heteroatoms. The number of hydrogen-bond donors (Lipinski definition) is 3. The number of ether oxygens (including phenoxy) is 1. The van der Waals surface area contributed by atoms with E-state index in [9.17, 15) is 9.59 Å². The summed E-state index contributed by atoms with van der Waals surface area (Å²) in [5.74, 6) is 0.336. The van der Waals surface area contributed by atoms with Gasteiger partial charge >= 0.3 is 5.97 Å². The van der Waals surface area contributed by atoms with Crippen LogP contribution in [0.2, 0.25) is 0 Å². The number of carbonyl (C=O) groups excluding carboxylic acids is 1. The van der Waals surface area contributed by atoms with Gasteiger partial charge in [0, 0.05) is 29.1 Å². The first-order valence-corrected chi connectivity index (χ1v) is 11.2. The van der Waals surface area contributed by atoms with E-state index >= 15 is 0 Å². The molecule has 0 saturated carbocycles. The first-order valence-electron chi connectivity index (χ1n) is 11.2. The Morgan fingerprint density at radius 1 is 1.16 bits per heavy atom. The number of carboxylic acids is 1. The summed E-state index contributed by atoms with van der Waals surface area (Å²) in [6, 6.07) is 13.6. The van der Waals surface area contributed by atoms with E-state index in [1.807, 2.05) is 55.6 Å². The Kier molecular flexibility index (Phi) is 7.92.